The average Bonchev–Trinajstić information content (AvgIpc) is 2.79. The van der Waals surface area contributed by atoms with Crippen LogP contribution in [-0.2, 0) is 23.7 Å². The van der Waals surface area contributed by atoms with Gasteiger partial charge in [0.05, 0.1) is 32.5 Å². The van der Waals surface area contributed by atoms with E-state index >= 15 is 0 Å². The largest absolute Gasteiger partial charge is 0.343 e. The Bertz CT molecular complexity index is 417. The minimum Gasteiger partial charge on any atom is -0.343 e. The van der Waals surface area contributed by atoms with Gasteiger partial charge in [-0.05, 0) is 46.0 Å². The summed E-state index contributed by atoms with van der Waals surface area (Å²) in [5.74, 6) is -2.44. The standard InChI is InChI=1S/C28H58O5/c1-8-13-17-20-25-32-28(30-23-16-11-4,31-24-19-15-10-3)27(29-22-12-5,33-26(6)7)21-18-14-9-2/h26H,8-25H2,1-7H3. The molecule has 2 unspecified atom stereocenters. The van der Waals surface area contributed by atoms with E-state index in [-0.39, 0.29) is 6.10 Å². The summed E-state index contributed by atoms with van der Waals surface area (Å²) in [7, 11) is 0. The van der Waals surface area contributed by atoms with Crippen LogP contribution < -0.4 is 0 Å². The van der Waals surface area contributed by atoms with Crippen molar-refractivity contribution in [3.05, 3.63) is 0 Å². The monoisotopic (exact) mass is 474 g/mol. The molecule has 33 heavy (non-hydrogen) atoms. The minimum absolute atomic E-state index is 0.0411. The van der Waals surface area contributed by atoms with Gasteiger partial charge in [0.2, 0.25) is 0 Å². The van der Waals surface area contributed by atoms with Gasteiger partial charge in [0.1, 0.15) is 0 Å². The van der Waals surface area contributed by atoms with E-state index in [1.54, 1.807) is 0 Å². The molecular weight excluding hydrogens is 416 g/mol. The SMILES string of the molecule is CCCCCCOC(OCCCC)(OCCCCC)C(CCCCC)(OCCC)OC(C)C. The predicted octanol–water partition coefficient (Wildman–Crippen LogP) is 8.39. The number of hydrogen-bond acceptors (Lipinski definition) is 5. The first-order chi connectivity index (χ1) is 16.0. The molecule has 0 bridgehead atoms. The van der Waals surface area contributed by atoms with Gasteiger partial charge in [0.15, 0.2) is 0 Å². The van der Waals surface area contributed by atoms with Crippen LogP contribution in [0.3, 0.4) is 0 Å². The van der Waals surface area contributed by atoms with Crippen LogP contribution >= 0.6 is 0 Å². The Hall–Kier alpha value is -0.200. The summed E-state index contributed by atoms with van der Waals surface area (Å²) in [6.07, 6.45) is 14.5. The highest BCUT2D eigenvalue weighted by Gasteiger charge is 2.58. The zero-order chi connectivity index (χ0) is 24.8. The van der Waals surface area contributed by atoms with E-state index in [0.717, 1.165) is 70.6 Å². The molecule has 0 rings (SSSR count). The first-order valence-corrected chi connectivity index (χ1v) is 14.2. The van der Waals surface area contributed by atoms with Crippen molar-refractivity contribution < 1.29 is 23.7 Å². The van der Waals surface area contributed by atoms with E-state index in [2.05, 4.69) is 48.5 Å². The zero-order valence-electron chi connectivity index (χ0n) is 23.3. The van der Waals surface area contributed by atoms with Crippen molar-refractivity contribution in [1.29, 1.82) is 0 Å². The molecule has 200 valence electrons. The molecule has 5 nitrogen and oxygen atoms in total. The molecular formula is C28H58O5. The summed E-state index contributed by atoms with van der Waals surface area (Å²) in [6, 6.07) is 0. The van der Waals surface area contributed by atoms with Gasteiger partial charge in [-0.1, -0.05) is 86.0 Å². The number of hydrogen-bond donors (Lipinski definition) is 0. The average molecular weight is 475 g/mol. The van der Waals surface area contributed by atoms with Crippen molar-refractivity contribution in [3.63, 3.8) is 0 Å². The van der Waals surface area contributed by atoms with E-state index in [1.807, 2.05) is 0 Å². The normalized spacial score (nSPS) is 15.6. The van der Waals surface area contributed by atoms with E-state index in [0.29, 0.717) is 32.8 Å². The van der Waals surface area contributed by atoms with Crippen LogP contribution in [0, 0.1) is 0 Å². The fourth-order valence-corrected chi connectivity index (χ4v) is 3.83. The molecule has 0 spiro atoms. The Morgan fingerprint density at radius 3 is 1.48 bits per heavy atom. The predicted molar refractivity (Wildman–Crippen MR) is 138 cm³/mol. The molecule has 0 aromatic carbocycles. The third-order valence-corrected chi connectivity index (χ3v) is 5.66. The van der Waals surface area contributed by atoms with Gasteiger partial charge in [-0.3, -0.25) is 0 Å². The van der Waals surface area contributed by atoms with Gasteiger partial charge < -0.3 is 23.7 Å². The lowest BCUT2D eigenvalue weighted by Crippen LogP contribution is -2.63. The molecule has 0 amide bonds. The van der Waals surface area contributed by atoms with Crippen LogP contribution in [0.2, 0.25) is 0 Å². The summed E-state index contributed by atoms with van der Waals surface area (Å²) in [4.78, 5) is 0. The highest BCUT2D eigenvalue weighted by atomic mass is 16.9. The van der Waals surface area contributed by atoms with Crippen molar-refractivity contribution in [2.75, 3.05) is 26.4 Å². The third kappa shape index (κ3) is 13.5. The zero-order valence-corrected chi connectivity index (χ0v) is 23.3. The van der Waals surface area contributed by atoms with Crippen molar-refractivity contribution >= 4 is 0 Å². The molecule has 0 radical (unpaired) electrons. The second kappa shape index (κ2) is 21.1. The first-order valence-electron chi connectivity index (χ1n) is 14.2. The van der Waals surface area contributed by atoms with E-state index in [9.17, 15) is 0 Å². The maximum absolute atomic E-state index is 6.62. The number of unbranched alkanes of at least 4 members (excludes halogenated alkanes) is 8. The first kappa shape index (κ1) is 32.8. The molecule has 0 heterocycles. The summed E-state index contributed by atoms with van der Waals surface area (Å²) >= 11 is 0. The number of ether oxygens (including phenoxy) is 5. The topological polar surface area (TPSA) is 46.2 Å². The molecule has 0 N–H and O–H groups in total. The lowest BCUT2D eigenvalue weighted by atomic mass is 10.0. The van der Waals surface area contributed by atoms with Crippen LogP contribution in [0.5, 0.6) is 0 Å². The van der Waals surface area contributed by atoms with Crippen molar-refractivity contribution in [2.24, 2.45) is 0 Å². The third-order valence-electron chi connectivity index (χ3n) is 5.66. The summed E-state index contributed by atoms with van der Waals surface area (Å²) in [6.45, 7) is 17.3. The Kier molecular flexibility index (Phi) is 21.0. The van der Waals surface area contributed by atoms with Gasteiger partial charge >= 0.3 is 5.97 Å². The minimum atomic E-state index is -1.35. The van der Waals surface area contributed by atoms with Gasteiger partial charge in [0.25, 0.3) is 5.79 Å². The smallest absolute Gasteiger partial charge is 0.340 e. The Labute approximate surface area is 206 Å². The van der Waals surface area contributed by atoms with E-state index in [4.69, 9.17) is 23.7 Å². The lowest BCUT2D eigenvalue weighted by molar-refractivity contribution is -0.504. The molecule has 0 saturated carbocycles. The second-order valence-electron chi connectivity index (χ2n) is 9.45. The Morgan fingerprint density at radius 1 is 0.485 bits per heavy atom. The highest BCUT2D eigenvalue weighted by molar-refractivity contribution is 4.85. The van der Waals surface area contributed by atoms with Gasteiger partial charge in [-0.15, -0.1) is 0 Å². The van der Waals surface area contributed by atoms with Crippen LogP contribution in [0.25, 0.3) is 0 Å². The molecule has 0 aliphatic carbocycles. The number of rotatable bonds is 25. The highest BCUT2D eigenvalue weighted by Crippen LogP contribution is 2.40. The maximum atomic E-state index is 6.62. The van der Waals surface area contributed by atoms with Crippen LogP contribution in [0.4, 0.5) is 0 Å². The van der Waals surface area contributed by atoms with Crippen molar-refractivity contribution in [2.45, 2.75) is 156 Å². The Morgan fingerprint density at radius 2 is 0.970 bits per heavy atom. The van der Waals surface area contributed by atoms with Gasteiger partial charge in [-0.2, -0.15) is 0 Å². The van der Waals surface area contributed by atoms with Gasteiger partial charge in [0, 0.05) is 6.42 Å². The molecule has 0 aromatic heterocycles. The van der Waals surface area contributed by atoms with Crippen LogP contribution in [0.1, 0.15) is 138 Å². The van der Waals surface area contributed by atoms with Crippen LogP contribution in [-0.4, -0.2) is 44.3 Å². The Balaban J connectivity index is 6.12. The fourth-order valence-electron chi connectivity index (χ4n) is 3.83. The lowest BCUT2D eigenvalue weighted by Gasteiger charge is -2.48. The maximum Gasteiger partial charge on any atom is 0.340 e. The quantitative estimate of drug-likeness (QED) is 0.0982. The second-order valence-corrected chi connectivity index (χ2v) is 9.45. The van der Waals surface area contributed by atoms with Crippen LogP contribution in [0.15, 0.2) is 0 Å². The molecule has 0 aliphatic heterocycles. The van der Waals surface area contributed by atoms with E-state index < -0.39 is 11.8 Å². The molecule has 2 atom stereocenters. The summed E-state index contributed by atoms with van der Waals surface area (Å²) in [5.41, 5.74) is 0. The van der Waals surface area contributed by atoms with Crippen molar-refractivity contribution in [1.82, 2.24) is 0 Å². The summed E-state index contributed by atoms with van der Waals surface area (Å²) in [5, 5.41) is 0. The fraction of sp³-hybridized carbons (Fsp3) is 1.00. The molecule has 0 fully saturated rings. The molecule has 0 aromatic rings. The molecule has 0 aliphatic rings. The molecule has 5 heteroatoms. The molecule has 0 saturated heterocycles. The van der Waals surface area contributed by atoms with Gasteiger partial charge in [-0.25, -0.2) is 0 Å². The summed E-state index contributed by atoms with van der Waals surface area (Å²) < 4.78 is 32.9. The van der Waals surface area contributed by atoms with E-state index in [1.165, 1.54) is 12.8 Å². The van der Waals surface area contributed by atoms with Crippen molar-refractivity contribution in [3.8, 4) is 0 Å².